The number of hydrogen-bond acceptors (Lipinski definition) is 1. The smallest absolute Gasteiger partial charge is 0.00699 e. The summed E-state index contributed by atoms with van der Waals surface area (Å²) in [6.07, 6.45) is 9.53. The van der Waals surface area contributed by atoms with Gasteiger partial charge in [0.05, 0.1) is 0 Å². The molecule has 0 radical (unpaired) electrons. The molecule has 0 aliphatic heterocycles. The molecule has 1 fully saturated rings. The molecule has 3 atom stereocenters. The van der Waals surface area contributed by atoms with Crippen molar-refractivity contribution < 1.29 is 0 Å². The largest absolute Gasteiger partial charge is 0.327 e. The summed E-state index contributed by atoms with van der Waals surface area (Å²) in [5, 5.41) is 0. The molecule has 0 heterocycles. The van der Waals surface area contributed by atoms with Crippen molar-refractivity contribution >= 4 is 0 Å². The monoisotopic (exact) mass is 211 g/mol. The molecule has 0 aromatic rings. The predicted octanol–water partition coefficient (Wildman–Crippen LogP) is 3.97. The van der Waals surface area contributed by atoms with Gasteiger partial charge < -0.3 is 5.73 Å². The minimum atomic E-state index is 0.470. The van der Waals surface area contributed by atoms with Crippen molar-refractivity contribution in [1.29, 1.82) is 0 Å². The van der Waals surface area contributed by atoms with Gasteiger partial charge in [0, 0.05) is 6.04 Å². The van der Waals surface area contributed by atoms with E-state index >= 15 is 0 Å². The van der Waals surface area contributed by atoms with Crippen LogP contribution in [0, 0.1) is 17.8 Å². The van der Waals surface area contributed by atoms with Gasteiger partial charge in [-0.05, 0) is 37.0 Å². The Hall–Kier alpha value is -0.0400. The van der Waals surface area contributed by atoms with Crippen molar-refractivity contribution in [2.45, 2.75) is 71.8 Å². The fraction of sp³-hybridized carbons (Fsp3) is 1.00. The lowest BCUT2D eigenvalue weighted by molar-refractivity contribution is 0.186. The maximum Gasteiger partial charge on any atom is 0.00699 e. The average molecular weight is 211 g/mol. The summed E-state index contributed by atoms with van der Waals surface area (Å²) in [5.74, 6) is 2.54. The molecule has 0 amide bonds. The molecule has 1 saturated carbocycles. The first kappa shape index (κ1) is 13.0. The van der Waals surface area contributed by atoms with Gasteiger partial charge in [-0.25, -0.2) is 0 Å². The highest BCUT2D eigenvalue weighted by atomic mass is 14.7. The van der Waals surface area contributed by atoms with E-state index in [1.165, 1.54) is 44.9 Å². The maximum absolute atomic E-state index is 6.36. The van der Waals surface area contributed by atoms with E-state index in [4.69, 9.17) is 5.73 Å². The highest BCUT2D eigenvalue weighted by Gasteiger charge is 2.28. The van der Waals surface area contributed by atoms with Crippen LogP contribution in [0.25, 0.3) is 0 Å². The van der Waals surface area contributed by atoms with Crippen molar-refractivity contribution in [1.82, 2.24) is 0 Å². The van der Waals surface area contributed by atoms with Gasteiger partial charge in [-0.2, -0.15) is 0 Å². The zero-order chi connectivity index (χ0) is 11.3. The molecule has 1 aliphatic carbocycles. The van der Waals surface area contributed by atoms with Crippen LogP contribution in [-0.4, -0.2) is 6.04 Å². The van der Waals surface area contributed by atoms with Gasteiger partial charge >= 0.3 is 0 Å². The zero-order valence-corrected chi connectivity index (χ0v) is 10.8. The highest BCUT2D eigenvalue weighted by molar-refractivity contribution is 4.82. The van der Waals surface area contributed by atoms with Gasteiger partial charge in [0.1, 0.15) is 0 Å². The molecule has 0 aromatic heterocycles. The Morgan fingerprint density at radius 3 is 2.40 bits per heavy atom. The molecule has 0 bridgehead atoms. The van der Waals surface area contributed by atoms with Crippen LogP contribution in [0.15, 0.2) is 0 Å². The molecule has 2 N–H and O–H groups in total. The summed E-state index contributed by atoms with van der Waals surface area (Å²) in [4.78, 5) is 0. The van der Waals surface area contributed by atoms with E-state index in [9.17, 15) is 0 Å². The summed E-state index contributed by atoms with van der Waals surface area (Å²) in [5.41, 5.74) is 6.36. The van der Waals surface area contributed by atoms with E-state index in [-0.39, 0.29) is 0 Å². The molecule has 1 rings (SSSR count). The number of nitrogens with two attached hydrogens (primary N) is 1. The Morgan fingerprint density at radius 2 is 1.80 bits per heavy atom. The van der Waals surface area contributed by atoms with Gasteiger partial charge in [-0.3, -0.25) is 0 Å². The zero-order valence-electron chi connectivity index (χ0n) is 10.8. The topological polar surface area (TPSA) is 26.0 Å². The Balaban J connectivity index is 2.37. The van der Waals surface area contributed by atoms with Crippen LogP contribution < -0.4 is 5.73 Å². The Labute approximate surface area is 95.8 Å². The predicted molar refractivity (Wildman–Crippen MR) is 67.8 cm³/mol. The molecule has 90 valence electrons. The van der Waals surface area contributed by atoms with E-state index in [0.717, 1.165) is 17.8 Å². The van der Waals surface area contributed by atoms with E-state index in [2.05, 4.69) is 20.8 Å². The van der Waals surface area contributed by atoms with Crippen LogP contribution in [0.3, 0.4) is 0 Å². The van der Waals surface area contributed by atoms with Crippen molar-refractivity contribution in [3.63, 3.8) is 0 Å². The molecule has 1 nitrogen and oxygen atoms in total. The number of rotatable bonds is 5. The van der Waals surface area contributed by atoms with Gasteiger partial charge in [0.25, 0.3) is 0 Å². The third kappa shape index (κ3) is 4.14. The molecular formula is C14H29N. The molecule has 3 unspecified atom stereocenters. The van der Waals surface area contributed by atoms with Crippen LogP contribution >= 0.6 is 0 Å². The molecule has 1 heteroatoms. The minimum Gasteiger partial charge on any atom is -0.327 e. The first-order chi connectivity index (χ1) is 7.15. The third-order valence-corrected chi connectivity index (χ3v) is 4.12. The lowest BCUT2D eigenvalue weighted by Gasteiger charge is -2.35. The van der Waals surface area contributed by atoms with E-state index < -0.39 is 0 Å². The third-order valence-electron chi connectivity index (χ3n) is 4.12. The average Bonchev–Trinajstić information content (AvgIpc) is 2.25. The summed E-state index contributed by atoms with van der Waals surface area (Å²) in [7, 11) is 0. The standard InChI is InChI=1S/C14H29N/c1-4-12-7-5-6-8-13(12)14(15)10-9-11(2)3/h11-14H,4-10,15H2,1-3H3. The molecule has 1 aliphatic rings. The van der Waals surface area contributed by atoms with Crippen LogP contribution in [0.2, 0.25) is 0 Å². The van der Waals surface area contributed by atoms with Gasteiger partial charge in [0.2, 0.25) is 0 Å². The second-order valence-electron chi connectivity index (χ2n) is 5.75. The van der Waals surface area contributed by atoms with Crippen LogP contribution in [-0.2, 0) is 0 Å². The molecule has 15 heavy (non-hydrogen) atoms. The second-order valence-corrected chi connectivity index (χ2v) is 5.75. The van der Waals surface area contributed by atoms with Crippen molar-refractivity contribution in [2.24, 2.45) is 23.5 Å². The fourth-order valence-electron chi connectivity index (χ4n) is 3.05. The van der Waals surface area contributed by atoms with Crippen molar-refractivity contribution in [3.05, 3.63) is 0 Å². The Bertz CT molecular complexity index is 165. The molecular weight excluding hydrogens is 182 g/mol. The first-order valence-corrected chi connectivity index (χ1v) is 6.90. The van der Waals surface area contributed by atoms with Gasteiger partial charge in [-0.1, -0.05) is 46.5 Å². The van der Waals surface area contributed by atoms with Gasteiger partial charge in [-0.15, -0.1) is 0 Å². The lowest BCUT2D eigenvalue weighted by atomic mass is 9.73. The van der Waals surface area contributed by atoms with E-state index in [0.29, 0.717) is 6.04 Å². The Morgan fingerprint density at radius 1 is 1.13 bits per heavy atom. The molecule has 0 aromatic carbocycles. The fourth-order valence-corrected chi connectivity index (χ4v) is 3.05. The molecule has 0 spiro atoms. The van der Waals surface area contributed by atoms with Crippen LogP contribution in [0.5, 0.6) is 0 Å². The normalized spacial score (nSPS) is 29.4. The van der Waals surface area contributed by atoms with Crippen molar-refractivity contribution in [2.75, 3.05) is 0 Å². The summed E-state index contributed by atoms with van der Waals surface area (Å²) >= 11 is 0. The summed E-state index contributed by atoms with van der Waals surface area (Å²) in [6, 6.07) is 0.470. The van der Waals surface area contributed by atoms with Gasteiger partial charge in [0.15, 0.2) is 0 Å². The summed E-state index contributed by atoms with van der Waals surface area (Å²) in [6.45, 7) is 6.92. The SMILES string of the molecule is CCC1CCCCC1C(N)CCC(C)C. The lowest BCUT2D eigenvalue weighted by Crippen LogP contribution is -2.37. The first-order valence-electron chi connectivity index (χ1n) is 6.90. The Kier molecular flexibility index (Phi) is 5.66. The maximum atomic E-state index is 6.36. The van der Waals surface area contributed by atoms with Crippen LogP contribution in [0.1, 0.15) is 65.7 Å². The minimum absolute atomic E-state index is 0.470. The summed E-state index contributed by atoms with van der Waals surface area (Å²) < 4.78 is 0. The highest BCUT2D eigenvalue weighted by Crippen LogP contribution is 2.35. The molecule has 0 saturated heterocycles. The van der Waals surface area contributed by atoms with Crippen LogP contribution in [0.4, 0.5) is 0 Å². The number of hydrogen-bond donors (Lipinski definition) is 1. The van der Waals surface area contributed by atoms with Crippen molar-refractivity contribution in [3.8, 4) is 0 Å². The van der Waals surface area contributed by atoms with E-state index in [1.807, 2.05) is 0 Å². The quantitative estimate of drug-likeness (QED) is 0.731. The van der Waals surface area contributed by atoms with E-state index in [1.54, 1.807) is 0 Å². The second kappa shape index (κ2) is 6.52.